The van der Waals surface area contributed by atoms with Crippen molar-refractivity contribution in [1.29, 1.82) is 0 Å². The topological polar surface area (TPSA) is 99.2 Å². The monoisotopic (exact) mass is 476 g/mol. The molecule has 2 aromatic heterocycles. The SMILES string of the molecule is CCn1c(SCC(=O)N2CCOc3ccc(C)cc32)nnc1-c1nc(-c2cccc(C)c2)no1. The van der Waals surface area contributed by atoms with Crippen LogP contribution in [0.2, 0.25) is 0 Å². The molecule has 0 saturated heterocycles. The van der Waals surface area contributed by atoms with Gasteiger partial charge in [-0.05, 0) is 44.5 Å². The average Bonchev–Trinajstić information content (AvgIpc) is 3.49. The highest BCUT2D eigenvalue weighted by Crippen LogP contribution is 2.33. The first-order valence-corrected chi connectivity index (χ1v) is 12.0. The Hall–Kier alpha value is -3.66. The molecule has 0 atom stereocenters. The van der Waals surface area contributed by atoms with Gasteiger partial charge in [0, 0.05) is 12.1 Å². The fraction of sp³-hybridized carbons (Fsp3) is 0.292. The third-order valence-corrected chi connectivity index (χ3v) is 6.48. The molecule has 1 amide bonds. The summed E-state index contributed by atoms with van der Waals surface area (Å²) in [5.74, 6) is 2.22. The van der Waals surface area contributed by atoms with Gasteiger partial charge in [-0.2, -0.15) is 4.98 Å². The van der Waals surface area contributed by atoms with Crippen molar-refractivity contribution in [2.45, 2.75) is 32.5 Å². The molecule has 5 rings (SSSR count). The Kier molecular flexibility index (Phi) is 6.06. The fourth-order valence-corrected chi connectivity index (χ4v) is 4.72. The van der Waals surface area contributed by atoms with Crippen molar-refractivity contribution in [3.8, 4) is 28.9 Å². The third-order valence-electron chi connectivity index (χ3n) is 5.53. The van der Waals surface area contributed by atoms with Gasteiger partial charge < -0.3 is 14.2 Å². The Balaban J connectivity index is 1.33. The molecule has 0 spiro atoms. The second-order valence-electron chi connectivity index (χ2n) is 8.00. The smallest absolute Gasteiger partial charge is 0.296 e. The highest BCUT2D eigenvalue weighted by atomic mass is 32.2. The number of benzene rings is 2. The second-order valence-corrected chi connectivity index (χ2v) is 8.94. The first-order valence-electron chi connectivity index (χ1n) is 11.0. The minimum Gasteiger partial charge on any atom is -0.490 e. The number of fused-ring (bicyclic) bond motifs is 1. The lowest BCUT2D eigenvalue weighted by Gasteiger charge is -2.29. The van der Waals surface area contributed by atoms with Crippen LogP contribution < -0.4 is 9.64 Å². The summed E-state index contributed by atoms with van der Waals surface area (Å²) in [4.78, 5) is 19.4. The highest BCUT2D eigenvalue weighted by Gasteiger charge is 2.25. The minimum atomic E-state index is -0.00752. The van der Waals surface area contributed by atoms with Crippen molar-refractivity contribution in [3.05, 3.63) is 53.6 Å². The molecule has 0 bridgehead atoms. The van der Waals surface area contributed by atoms with Crippen LogP contribution in [-0.4, -0.2) is 49.7 Å². The summed E-state index contributed by atoms with van der Waals surface area (Å²) in [6.45, 7) is 7.59. The number of amides is 1. The number of thioether (sulfide) groups is 1. The van der Waals surface area contributed by atoms with Gasteiger partial charge in [-0.15, -0.1) is 10.2 Å². The van der Waals surface area contributed by atoms with E-state index in [4.69, 9.17) is 9.26 Å². The standard InChI is InChI=1S/C24H24N6O3S/c1-4-29-22(23-25-21(28-33-23)17-7-5-6-15(2)12-17)26-27-24(29)34-14-20(31)30-10-11-32-19-9-8-16(3)13-18(19)30/h5-9,12-13H,4,10-11,14H2,1-3H3. The predicted molar refractivity (Wildman–Crippen MR) is 129 cm³/mol. The Morgan fingerprint density at radius 2 is 1.97 bits per heavy atom. The van der Waals surface area contributed by atoms with Crippen LogP contribution in [0.3, 0.4) is 0 Å². The van der Waals surface area contributed by atoms with E-state index in [9.17, 15) is 4.79 Å². The van der Waals surface area contributed by atoms with Crippen LogP contribution in [0.15, 0.2) is 52.1 Å². The molecule has 0 unspecified atom stereocenters. The van der Waals surface area contributed by atoms with Gasteiger partial charge >= 0.3 is 0 Å². The number of hydrogen-bond donors (Lipinski definition) is 0. The minimum absolute atomic E-state index is 0.00752. The van der Waals surface area contributed by atoms with Crippen molar-refractivity contribution >= 4 is 23.4 Å². The van der Waals surface area contributed by atoms with Crippen LogP contribution >= 0.6 is 11.8 Å². The van der Waals surface area contributed by atoms with Crippen LogP contribution in [-0.2, 0) is 11.3 Å². The van der Waals surface area contributed by atoms with Crippen LogP contribution in [0.1, 0.15) is 18.1 Å². The normalized spacial score (nSPS) is 13.0. The van der Waals surface area contributed by atoms with Crippen LogP contribution in [0, 0.1) is 13.8 Å². The molecule has 174 valence electrons. The third kappa shape index (κ3) is 4.28. The quantitative estimate of drug-likeness (QED) is 0.383. The molecular weight excluding hydrogens is 452 g/mol. The van der Waals surface area contributed by atoms with E-state index in [0.717, 1.165) is 28.1 Å². The summed E-state index contributed by atoms with van der Waals surface area (Å²) in [6, 6.07) is 13.8. The summed E-state index contributed by atoms with van der Waals surface area (Å²) >= 11 is 1.34. The number of carbonyl (C=O) groups is 1. The Morgan fingerprint density at radius 3 is 2.79 bits per heavy atom. The van der Waals surface area contributed by atoms with E-state index in [2.05, 4.69) is 20.3 Å². The Labute approximate surface area is 201 Å². The number of anilines is 1. The number of hydrogen-bond acceptors (Lipinski definition) is 8. The molecule has 10 heteroatoms. The summed E-state index contributed by atoms with van der Waals surface area (Å²) in [5, 5.41) is 13.3. The van der Waals surface area contributed by atoms with E-state index >= 15 is 0 Å². The van der Waals surface area contributed by atoms with Gasteiger partial charge in [-0.1, -0.05) is 46.7 Å². The lowest BCUT2D eigenvalue weighted by molar-refractivity contribution is -0.116. The number of carbonyl (C=O) groups excluding carboxylic acids is 1. The van der Waals surface area contributed by atoms with E-state index in [-0.39, 0.29) is 11.7 Å². The second kappa shape index (κ2) is 9.30. The predicted octanol–water partition coefficient (Wildman–Crippen LogP) is 4.15. The van der Waals surface area contributed by atoms with E-state index in [1.54, 1.807) is 4.90 Å². The lowest BCUT2D eigenvalue weighted by Crippen LogP contribution is -2.39. The Bertz CT molecular complexity index is 1350. The van der Waals surface area contributed by atoms with E-state index in [1.165, 1.54) is 11.8 Å². The molecule has 0 radical (unpaired) electrons. The maximum Gasteiger partial charge on any atom is 0.296 e. The van der Waals surface area contributed by atoms with Crippen LogP contribution in [0.25, 0.3) is 23.1 Å². The van der Waals surface area contributed by atoms with Gasteiger partial charge in [-0.25, -0.2) is 0 Å². The van der Waals surface area contributed by atoms with Crippen molar-refractivity contribution in [2.24, 2.45) is 0 Å². The molecule has 3 heterocycles. The van der Waals surface area contributed by atoms with Crippen molar-refractivity contribution in [1.82, 2.24) is 24.9 Å². The number of ether oxygens (including phenoxy) is 1. The van der Waals surface area contributed by atoms with Gasteiger partial charge in [0.05, 0.1) is 18.0 Å². The summed E-state index contributed by atoms with van der Waals surface area (Å²) in [5.41, 5.74) is 3.87. The molecule has 0 aliphatic carbocycles. The number of nitrogens with zero attached hydrogens (tertiary/aromatic N) is 6. The number of aryl methyl sites for hydroxylation is 2. The molecule has 9 nitrogen and oxygen atoms in total. The molecule has 0 N–H and O–H groups in total. The van der Waals surface area contributed by atoms with E-state index < -0.39 is 0 Å². The summed E-state index contributed by atoms with van der Waals surface area (Å²) in [7, 11) is 0. The average molecular weight is 477 g/mol. The van der Waals surface area contributed by atoms with Crippen LogP contribution in [0.4, 0.5) is 5.69 Å². The molecule has 1 aliphatic heterocycles. The number of aromatic nitrogens is 5. The lowest BCUT2D eigenvalue weighted by atomic mass is 10.1. The van der Waals surface area contributed by atoms with Crippen molar-refractivity contribution in [3.63, 3.8) is 0 Å². The van der Waals surface area contributed by atoms with Crippen LogP contribution in [0.5, 0.6) is 5.75 Å². The van der Waals surface area contributed by atoms with Crippen molar-refractivity contribution in [2.75, 3.05) is 23.8 Å². The maximum absolute atomic E-state index is 13.1. The van der Waals surface area contributed by atoms with E-state index in [0.29, 0.717) is 42.4 Å². The maximum atomic E-state index is 13.1. The van der Waals surface area contributed by atoms with E-state index in [1.807, 2.05) is 67.8 Å². The zero-order valence-electron chi connectivity index (χ0n) is 19.2. The van der Waals surface area contributed by atoms with Crippen molar-refractivity contribution < 1.29 is 14.1 Å². The Morgan fingerprint density at radius 1 is 1.12 bits per heavy atom. The van der Waals surface area contributed by atoms with Gasteiger partial charge in [-0.3, -0.25) is 9.36 Å². The zero-order chi connectivity index (χ0) is 23.7. The zero-order valence-corrected chi connectivity index (χ0v) is 20.0. The van der Waals surface area contributed by atoms with Gasteiger partial charge in [0.15, 0.2) is 5.16 Å². The molecular formula is C24H24N6O3S. The summed E-state index contributed by atoms with van der Waals surface area (Å²) < 4.78 is 13.1. The molecule has 0 saturated carbocycles. The van der Waals surface area contributed by atoms with Gasteiger partial charge in [0.1, 0.15) is 12.4 Å². The largest absolute Gasteiger partial charge is 0.490 e. The van der Waals surface area contributed by atoms with Gasteiger partial charge in [0.2, 0.25) is 17.6 Å². The highest BCUT2D eigenvalue weighted by molar-refractivity contribution is 7.99. The molecule has 0 fully saturated rings. The molecule has 34 heavy (non-hydrogen) atoms. The first kappa shape index (κ1) is 22.1. The van der Waals surface area contributed by atoms with Gasteiger partial charge in [0.25, 0.3) is 5.89 Å². The molecule has 1 aliphatic rings. The molecule has 2 aromatic carbocycles. The molecule has 4 aromatic rings. The number of rotatable bonds is 6. The fourth-order valence-electron chi connectivity index (χ4n) is 3.85. The summed E-state index contributed by atoms with van der Waals surface area (Å²) in [6.07, 6.45) is 0. The first-order chi connectivity index (χ1) is 16.5.